The minimum Gasteiger partial charge on any atom is -0.415 e. The van der Waals surface area contributed by atoms with Crippen molar-refractivity contribution in [2.75, 3.05) is 0 Å². The number of fused-ring (bicyclic) bond motifs is 1. The van der Waals surface area contributed by atoms with Crippen molar-refractivity contribution in [2.45, 2.75) is 24.4 Å². The van der Waals surface area contributed by atoms with Crippen LogP contribution in [0.2, 0.25) is 5.02 Å². The number of aryl methyl sites for hydroxylation is 1. The van der Waals surface area contributed by atoms with Crippen molar-refractivity contribution in [3.63, 3.8) is 0 Å². The van der Waals surface area contributed by atoms with E-state index in [2.05, 4.69) is 15.2 Å². The predicted octanol–water partition coefficient (Wildman–Crippen LogP) is 3.33. The molecule has 0 saturated heterocycles. The number of hydrogen-bond acceptors (Lipinski definition) is 6. The molecule has 0 unspecified atom stereocenters. The third kappa shape index (κ3) is 2.88. The molecule has 0 aliphatic heterocycles. The summed E-state index contributed by atoms with van der Waals surface area (Å²) in [5.41, 5.74) is 8.22. The first-order valence-corrected chi connectivity index (χ1v) is 7.74. The summed E-state index contributed by atoms with van der Waals surface area (Å²) in [6.07, 6.45) is 0. The molecule has 0 amide bonds. The molecular formula is C14H13ClN4OS. The van der Waals surface area contributed by atoms with Gasteiger partial charge in [-0.15, -0.1) is 10.2 Å². The SMILES string of the molecule is Cc1c(Cl)c(CSc2nnc(CN)o2)nc2ccccc12. The second kappa shape index (κ2) is 6.01. The van der Waals surface area contributed by atoms with Gasteiger partial charge in [-0.1, -0.05) is 41.6 Å². The van der Waals surface area contributed by atoms with Gasteiger partial charge in [0.05, 0.1) is 22.8 Å². The lowest BCUT2D eigenvalue weighted by Crippen LogP contribution is -1.95. The van der Waals surface area contributed by atoms with Crippen LogP contribution >= 0.6 is 23.4 Å². The van der Waals surface area contributed by atoms with E-state index in [0.717, 1.165) is 22.2 Å². The Morgan fingerprint density at radius 3 is 2.86 bits per heavy atom. The van der Waals surface area contributed by atoms with E-state index in [9.17, 15) is 0 Å². The first-order chi connectivity index (χ1) is 10.2. The van der Waals surface area contributed by atoms with Gasteiger partial charge in [0.2, 0.25) is 5.89 Å². The van der Waals surface area contributed by atoms with Crippen molar-refractivity contribution in [1.82, 2.24) is 15.2 Å². The van der Waals surface area contributed by atoms with Gasteiger partial charge in [0.25, 0.3) is 5.22 Å². The zero-order chi connectivity index (χ0) is 14.8. The topological polar surface area (TPSA) is 77.8 Å². The van der Waals surface area contributed by atoms with Gasteiger partial charge >= 0.3 is 0 Å². The van der Waals surface area contributed by atoms with Crippen LogP contribution < -0.4 is 5.73 Å². The molecule has 3 aromatic rings. The van der Waals surface area contributed by atoms with Crippen LogP contribution in [0, 0.1) is 6.92 Å². The number of pyridine rings is 1. The highest BCUT2D eigenvalue weighted by atomic mass is 35.5. The molecule has 2 aromatic heterocycles. The molecule has 0 fully saturated rings. The molecule has 2 heterocycles. The van der Waals surface area contributed by atoms with Crippen molar-refractivity contribution in [3.05, 3.63) is 46.4 Å². The molecule has 1 aromatic carbocycles. The third-order valence-corrected chi connectivity index (χ3v) is 4.43. The molecule has 2 N–H and O–H groups in total. The van der Waals surface area contributed by atoms with Gasteiger partial charge in [-0.3, -0.25) is 4.98 Å². The average molecular weight is 321 g/mol. The minimum atomic E-state index is 0.238. The standard InChI is InChI=1S/C14H13ClN4OS/c1-8-9-4-2-3-5-10(9)17-11(13(8)15)7-21-14-19-18-12(6-16)20-14/h2-5H,6-7,16H2,1H3. The summed E-state index contributed by atoms with van der Waals surface area (Å²) in [6.45, 7) is 2.24. The van der Waals surface area contributed by atoms with Gasteiger partial charge in [-0.25, -0.2) is 0 Å². The van der Waals surface area contributed by atoms with Crippen LogP contribution in [-0.2, 0) is 12.3 Å². The molecule has 0 aliphatic rings. The van der Waals surface area contributed by atoms with E-state index in [1.165, 1.54) is 11.8 Å². The number of nitrogens with zero attached hydrogens (tertiary/aromatic N) is 3. The zero-order valence-corrected chi connectivity index (χ0v) is 12.9. The number of rotatable bonds is 4. The number of aromatic nitrogens is 3. The van der Waals surface area contributed by atoms with E-state index in [-0.39, 0.29) is 6.54 Å². The molecule has 0 aliphatic carbocycles. The van der Waals surface area contributed by atoms with Crippen LogP contribution in [0.3, 0.4) is 0 Å². The lowest BCUT2D eigenvalue weighted by molar-refractivity contribution is 0.414. The minimum absolute atomic E-state index is 0.238. The van der Waals surface area contributed by atoms with E-state index < -0.39 is 0 Å². The quantitative estimate of drug-likeness (QED) is 0.743. The van der Waals surface area contributed by atoms with E-state index >= 15 is 0 Å². The summed E-state index contributed by atoms with van der Waals surface area (Å²) in [6, 6.07) is 7.94. The summed E-state index contributed by atoms with van der Waals surface area (Å²) in [4.78, 5) is 4.61. The Morgan fingerprint density at radius 1 is 1.29 bits per heavy atom. The molecule has 21 heavy (non-hydrogen) atoms. The molecule has 3 rings (SSSR count). The first kappa shape index (κ1) is 14.3. The highest BCUT2D eigenvalue weighted by Gasteiger charge is 2.12. The molecule has 0 radical (unpaired) electrons. The number of hydrogen-bond donors (Lipinski definition) is 1. The molecule has 7 heteroatoms. The second-order valence-corrected chi connectivity index (χ2v) is 5.77. The van der Waals surface area contributed by atoms with Gasteiger partial charge in [0, 0.05) is 11.1 Å². The van der Waals surface area contributed by atoms with Crippen LogP contribution in [0.1, 0.15) is 17.1 Å². The Bertz CT molecular complexity index is 790. The summed E-state index contributed by atoms with van der Waals surface area (Å²) >= 11 is 7.81. The lowest BCUT2D eigenvalue weighted by Gasteiger charge is -2.08. The first-order valence-electron chi connectivity index (χ1n) is 6.38. The monoisotopic (exact) mass is 320 g/mol. The van der Waals surface area contributed by atoms with Crippen molar-refractivity contribution < 1.29 is 4.42 Å². The normalized spacial score (nSPS) is 11.2. The molecule has 0 saturated carbocycles. The van der Waals surface area contributed by atoms with Crippen molar-refractivity contribution in [1.29, 1.82) is 0 Å². The Morgan fingerprint density at radius 2 is 2.10 bits per heavy atom. The third-order valence-electron chi connectivity index (χ3n) is 3.10. The fourth-order valence-corrected chi connectivity index (χ4v) is 3.04. The predicted molar refractivity (Wildman–Crippen MR) is 83.2 cm³/mol. The molecule has 0 bridgehead atoms. The van der Waals surface area contributed by atoms with Crippen molar-refractivity contribution in [2.24, 2.45) is 5.73 Å². The van der Waals surface area contributed by atoms with E-state index in [1.54, 1.807) is 0 Å². The van der Waals surface area contributed by atoms with Gasteiger partial charge in [-0.05, 0) is 18.6 Å². The maximum atomic E-state index is 6.41. The highest BCUT2D eigenvalue weighted by molar-refractivity contribution is 7.98. The largest absolute Gasteiger partial charge is 0.415 e. The van der Waals surface area contributed by atoms with Crippen LogP contribution in [0.4, 0.5) is 0 Å². The summed E-state index contributed by atoms with van der Waals surface area (Å²) in [7, 11) is 0. The van der Waals surface area contributed by atoms with Crippen LogP contribution in [0.25, 0.3) is 10.9 Å². The number of para-hydroxylation sites is 1. The summed E-state index contributed by atoms with van der Waals surface area (Å²) in [5, 5.41) is 9.95. The Balaban J connectivity index is 1.88. The Labute approximate surface area is 130 Å². The summed E-state index contributed by atoms with van der Waals surface area (Å²) in [5.74, 6) is 0.989. The van der Waals surface area contributed by atoms with Crippen LogP contribution in [0.5, 0.6) is 0 Å². The maximum absolute atomic E-state index is 6.41. The van der Waals surface area contributed by atoms with E-state index in [1.807, 2.05) is 31.2 Å². The van der Waals surface area contributed by atoms with Gasteiger partial charge in [0.1, 0.15) is 0 Å². The van der Waals surface area contributed by atoms with Gasteiger partial charge < -0.3 is 10.2 Å². The zero-order valence-electron chi connectivity index (χ0n) is 11.3. The maximum Gasteiger partial charge on any atom is 0.277 e. The van der Waals surface area contributed by atoms with Gasteiger partial charge in [-0.2, -0.15) is 0 Å². The smallest absolute Gasteiger partial charge is 0.277 e. The fraction of sp³-hybridized carbons (Fsp3) is 0.214. The fourth-order valence-electron chi connectivity index (χ4n) is 2.02. The number of nitrogens with two attached hydrogens (primary N) is 1. The molecule has 108 valence electrons. The van der Waals surface area contributed by atoms with Crippen molar-refractivity contribution in [3.8, 4) is 0 Å². The highest BCUT2D eigenvalue weighted by Crippen LogP contribution is 2.30. The second-order valence-electron chi connectivity index (χ2n) is 4.47. The molecule has 5 nitrogen and oxygen atoms in total. The molecular weight excluding hydrogens is 308 g/mol. The summed E-state index contributed by atoms with van der Waals surface area (Å²) < 4.78 is 5.36. The van der Waals surface area contributed by atoms with Crippen LogP contribution in [0.15, 0.2) is 33.9 Å². The lowest BCUT2D eigenvalue weighted by atomic mass is 10.1. The van der Waals surface area contributed by atoms with E-state index in [0.29, 0.717) is 21.9 Å². The number of thioether (sulfide) groups is 1. The van der Waals surface area contributed by atoms with Gasteiger partial charge in [0.15, 0.2) is 0 Å². The van der Waals surface area contributed by atoms with Crippen LogP contribution in [-0.4, -0.2) is 15.2 Å². The number of benzene rings is 1. The Hall–Kier alpha value is -1.63. The Kier molecular flexibility index (Phi) is 4.10. The molecule has 0 atom stereocenters. The average Bonchev–Trinajstić information content (AvgIpc) is 2.97. The van der Waals surface area contributed by atoms with E-state index in [4.69, 9.17) is 21.8 Å². The molecule has 0 spiro atoms. The van der Waals surface area contributed by atoms with Crippen molar-refractivity contribution >= 4 is 34.3 Å². The number of halogens is 1.